The molecule has 0 aromatic heterocycles. The minimum absolute atomic E-state index is 0.102. The van der Waals surface area contributed by atoms with Crippen LogP contribution in [0.25, 0.3) is 0 Å². The summed E-state index contributed by atoms with van der Waals surface area (Å²) in [4.78, 5) is 6.48. The molecule has 7 heteroatoms. The lowest BCUT2D eigenvalue weighted by Crippen LogP contribution is -2.46. The highest BCUT2D eigenvalue weighted by Crippen LogP contribution is 2.18. The SMILES string of the molecule is CCS(=O)(=O)NCCNC(=NC)N1CCc2ccccc2C1. The van der Waals surface area contributed by atoms with Crippen molar-refractivity contribution < 1.29 is 8.42 Å². The molecule has 22 heavy (non-hydrogen) atoms. The quantitative estimate of drug-likeness (QED) is 0.471. The van der Waals surface area contributed by atoms with Gasteiger partial charge in [0.2, 0.25) is 10.0 Å². The van der Waals surface area contributed by atoms with E-state index in [0.29, 0.717) is 13.1 Å². The molecule has 1 aromatic carbocycles. The first-order valence-electron chi connectivity index (χ1n) is 7.55. The highest BCUT2D eigenvalue weighted by Gasteiger charge is 2.18. The molecular weight excluding hydrogens is 300 g/mol. The van der Waals surface area contributed by atoms with Gasteiger partial charge in [-0.2, -0.15) is 0 Å². The molecule has 0 aliphatic carbocycles. The topological polar surface area (TPSA) is 73.8 Å². The predicted octanol–water partition coefficient (Wildman–Crippen LogP) is 0.559. The van der Waals surface area contributed by atoms with Crippen LogP contribution in [0.4, 0.5) is 0 Å². The van der Waals surface area contributed by atoms with Crippen LogP contribution in [0.2, 0.25) is 0 Å². The first-order chi connectivity index (χ1) is 10.6. The molecule has 2 rings (SSSR count). The van der Waals surface area contributed by atoms with Crippen LogP contribution in [0, 0.1) is 0 Å². The van der Waals surface area contributed by atoms with Crippen LogP contribution in [-0.4, -0.2) is 51.7 Å². The van der Waals surface area contributed by atoms with E-state index in [4.69, 9.17) is 0 Å². The van der Waals surface area contributed by atoms with Gasteiger partial charge in [-0.25, -0.2) is 13.1 Å². The average molecular weight is 324 g/mol. The summed E-state index contributed by atoms with van der Waals surface area (Å²) >= 11 is 0. The van der Waals surface area contributed by atoms with Crippen LogP contribution >= 0.6 is 0 Å². The Labute approximate surface area is 132 Å². The van der Waals surface area contributed by atoms with Crippen molar-refractivity contribution in [3.05, 3.63) is 35.4 Å². The van der Waals surface area contributed by atoms with Crippen molar-refractivity contribution in [3.63, 3.8) is 0 Å². The minimum Gasteiger partial charge on any atom is -0.355 e. The van der Waals surface area contributed by atoms with E-state index in [2.05, 4.69) is 44.2 Å². The molecule has 1 aliphatic heterocycles. The fraction of sp³-hybridized carbons (Fsp3) is 0.533. The molecule has 0 amide bonds. The molecule has 0 spiro atoms. The third-order valence-corrected chi connectivity index (χ3v) is 5.16. The third-order valence-electron chi connectivity index (χ3n) is 3.75. The summed E-state index contributed by atoms with van der Waals surface area (Å²) in [5.74, 6) is 0.912. The first kappa shape index (κ1) is 16.8. The second-order valence-electron chi connectivity index (χ2n) is 5.21. The summed E-state index contributed by atoms with van der Waals surface area (Å²) in [6.45, 7) is 4.25. The van der Waals surface area contributed by atoms with Crippen molar-refractivity contribution in [1.82, 2.24) is 14.9 Å². The van der Waals surface area contributed by atoms with E-state index in [-0.39, 0.29) is 5.75 Å². The van der Waals surface area contributed by atoms with Crippen molar-refractivity contribution in [2.24, 2.45) is 4.99 Å². The molecular formula is C15H24N4O2S. The van der Waals surface area contributed by atoms with Crippen molar-refractivity contribution >= 4 is 16.0 Å². The van der Waals surface area contributed by atoms with Crippen LogP contribution in [0.1, 0.15) is 18.1 Å². The number of hydrogen-bond donors (Lipinski definition) is 2. The Morgan fingerprint density at radius 3 is 2.68 bits per heavy atom. The second-order valence-corrected chi connectivity index (χ2v) is 7.31. The fourth-order valence-electron chi connectivity index (χ4n) is 2.49. The van der Waals surface area contributed by atoms with Crippen LogP contribution in [0.15, 0.2) is 29.3 Å². The molecule has 0 atom stereocenters. The number of nitrogens with zero attached hydrogens (tertiary/aromatic N) is 2. The molecule has 0 unspecified atom stereocenters. The number of rotatable bonds is 5. The van der Waals surface area contributed by atoms with E-state index < -0.39 is 10.0 Å². The van der Waals surface area contributed by atoms with Crippen molar-refractivity contribution in [1.29, 1.82) is 0 Å². The standard InChI is InChI=1S/C15H24N4O2S/c1-3-22(20,21)18-10-9-17-15(16-2)19-11-8-13-6-4-5-7-14(13)12-19/h4-7,18H,3,8-12H2,1-2H3,(H,16,17). The number of sulfonamides is 1. The largest absolute Gasteiger partial charge is 0.355 e. The zero-order valence-electron chi connectivity index (χ0n) is 13.2. The van der Waals surface area contributed by atoms with Gasteiger partial charge >= 0.3 is 0 Å². The molecule has 2 N–H and O–H groups in total. The maximum atomic E-state index is 11.4. The summed E-state index contributed by atoms with van der Waals surface area (Å²) in [6, 6.07) is 8.44. The molecule has 1 heterocycles. The number of benzene rings is 1. The summed E-state index contributed by atoms with van der Waals surface area (Å²) in [5, 5.41) is 3.22. The summed E-state index contributed by atoms with van der Waals surface area (Å²) in [7, 11) is -1.38. The summed E-state index contributed by atoms with van der Waals surface area (Å²) in [6.07, 6.45) is 0.999. The third kappa shape index (κ3) is 4.45. The Kier molecular flexibility index (Phi) is 5.79. The molecule has 122 valence electrons. The van der Waals surface area contributed by atoms with Crippen LogP contribution in [0.5, 0.6) is 0 Å². The van der Waals surface area contributed by atoms with Crippen LogP contribution < -0.4 is 10.0 Å². The highest BCUT2D eigenvalue weighted by atomic mass is 32.2. The Hall–Kier alpha value is -1.60. The normalized spacial score (nSPS) is 15.5. The minimum atomic E-state index is -3.13. The van der Waals surface area contributed by atoms with E-state index in [1.54, 1.807) is 14.0 Å². The van der Waals surface area contributed by atoms with Crippen molar-refractivity contribution in [3.8, 4) is 0 Å². The van der Waals surface area contributed by atoms with Gasteiger partial charge in [-0.3, -0.25) is 4.99 Å². The lowest BCUT2D eigenvalue weighted by Gasteiger charge is -2.31. The molecule has 0 fully saturated rings. The van der Waals surface area contributed by atoms with E-state index in [0.717, 1.165) is 25.5 Å². The van der Waals surface area contributed by atoms with Crippen LogP contribution in [-0.2, 0) is 23.0 Å². The molecule has 0 saturated heterocycles. The summed E-state index contributed by atoms with van der Waals surface area (Å²) in [5.41, 5.74) is 2.72. The zero-order valence-corrected chi connectivity index (χ0v) is 14.0. The number of nitrogens with one attached hydrogen (secondary N) is 2. The Morgan fingerprint density at radius 1 is 1.27 bits per heavy atom. The van der Waals surface area contributed by atoms with Gasteiger partial charge in [0.15, 0.2) is 5.96 Å². The average Bonchev–Trinajstić information content (AvgIpc) is 2.54. The van der Waals surface area contributed by atoms with Crippen molar-refractivity contribution in [2.75, 3.05) is 32.4 Å². The number of aliphatic imine (C=N–C) groups is 1. The first-order valence-corrected chi connectivity index (χ1v) is 9.20. The maximum Gasteiger partial charge on any atom is 0.211 e. The second kappa shape index (κ2) is 7.60. The molecule has 0 saturated carbocycles. The highest BCUT2D eigenvalue weighted by molar-refractivity contribution is 7.89. The van der Waals surface area contributed by atoms with E-state index >= 15 is 0 Å². The van der Waals surface area contributed by atoms with Gasteiger partial charge in [-0.05, 0) is 24.5 Å². The molecule has 1 aromatic rings. The Bertz CT molecular complexity index is 628. The van der Waals surface area contributed by atoms with Crippen LogP contribution in [0.3, 0.4) is 0 Å². The van der Waals surface area contributed by atoms with Gasteiger partial charge in [0.1, 0.15) is 0 Å². The predicted molar refractivity (Wildman–Crippen MR) is 89.4 cm³/mol. The molecule has 0 bridgehead atoms. The molecule has 6 nitrogen and oxygen atoms in total. The summed E-state index contributed by atoms with van der Waals surface area (Å²) < 4.78 is 25.3. The monoisotopic (exact) mass is 324 g/mol. The van der Waals surface area contributed by atoms with Gasteiger partial charge in [-0.15, -0.1) is 0 Å². The zero-order chi connectivity index (χ0) is 16.0. The van der Waals surface area contributed by atoms with Gasteiger partial charge in [0.25, 0.3) is 0 Å². The lowest BCUT2D eigenvalue weighted by atomic mass is 10.0. The number of fused-ring (bicyclic) bond motifs is 1. The van der Waals surface area contributed by atoms with E-state index in [1.165, 1.54) is 11.1 Å². The van der Waals surface area contributed by atoms with E-state index in [1.807, 2.05) is 0 Å². The molecule has 1 aliphatic rings. The van der Waals surface area contributed by atoms with Gasteiger partial charge in [0.05, 0.1) is 5.75 Å². The number of hydrogen-bond acceptors (Lipinski definition) is 3. The molecule has 0 radical (unpaired) electrons. The van der Waals surface area contributed by atoms with Gasteiger partial charge in [0, 0.05) is 33.2 Å². The number of guanidine groups is 1. The maximum absolute atomic E-state index is 11.4. The van der Waals surface area contributed by atoms with E-state index in [9.17, 15) is 8.42 Å². The van der Waals surface area contributed by atoms with Crippen molar-refractivity contribution in [2.45, 2.75) is 19.9 Å². The Balaban J connectivity index is 1.86. The van der Waals surface area contributed by atoms with Gasteiger partial charge in [-0.1, -0.05) is 24.3 Å². The lowest BCUT2D eigenvalue weighted by molar-refractivity contribution is 0.379. The fourth-order valence-corrected chi connectivity index (χ4v) is 3.11. The smallest absolute Gasteiger partial charge is 0.211 e. The Morgan fingerprint density at radius 2 is 2.00 bits per heavy atom. The van der Waals surface area contributed by atoms with Gasteiger partial charge < -0.3 is 10.2 Å².